The first kappa shape index (κ1) is 14.7. The molecule has 0 saturated heterocycles. The van der Waals surface area contributed by atoms with Crippen molar-refractivity contribution in [2.24, 2.45) is 5.73 Å². The predicted octanol–water partition coefficient (Wildman–Crippen LogP) is 2.34. The van der Waals surface area contributed by atoms with Crippen LogP contribution in [0.25, 0.3) is 0 Å². The highest BCUT2D eigenvalue weighted by atomic mass is 32.2. The summed E-state index contributed by atoms with van der Waals surface area (Å²) in [5.41, 5.74) is 7.93. The summed E-state index contributed by atoms with van der Waals surface area (Å²) in [6.45, 7) is 1.39. The van der Waals surface area contributed by atoms with Gasteiger partial charge in [-0.2, -0.15) is 4.31 Å². The Morgan fingerprint density at radius 2 is 2.00 bits per heavy atom. The van der Waals surface area contributed by atoms with Gasteiger partial charge in [0.1, 0.15) is 0 Å². The summed E-state index contributed by atoms with van der Waals surface area (Å²) in [5.74, 6) is 0. The van der Waals surface area contributed by atoms with Crippen LogP contribution < -0.4 is 5.73 Å². The summed E-state index contributed by atoms with van der Waals surface area (Å²) in [6.07, 6.45) is 1.78. The highest BCUT2D eigenvalue weighted by Crippen LogP contribution is 2.27. The van der Waals surface area contributed by atoms with Gasteiger partial charge >= 0.3 is 0 Å². The molecule has 1 aliphatic heterocycles. The van der Waals surface area contributed by atoms with Gasteiger partial charge in [0.25, 0.3) is 0 Å². The van der Waals surface area contributed by atoms with Gasteiger partial charge < -0.3 is 5.73 Å². The van der Waals surface area contributed by atoms with Crippen LogP contribution in [0.3, 0.4) is 0 Å². The lowest BCUT2D eigenvalue weighted by Crippen LogP contribution is -2.30. The van der Waals surface area contributed by atoms with Crippen LogP contribution in [0.4, 0.5) is 0 Å². The van der Waals surface area contributed by atoms with Crippen molar-refractivity contribution in [3.05, 3.63) is 51.7 Å². The molecule has 3 rings (SSSR count). The molecule has 2 heterocycles. The van der Waals surface area contributed by atoms with Gasteiger partial charge in [0.15, 0.2) is 0 Å². The van der Waals surface area contributed by atoms with Crippen molar-refractivity contribution in [1.29, 1.82) is 0 Å². The van der Waals surface area contributed by atoms with E-state index in [0.29, 0.717) is 24.5 Å². The van der Waals surface area contributed by atoms with Crippen molar-refractivity contribution in [2.75, 3.05) is 6.54 Å². The highest BCUT2D eigenvalue weighted by Gasteiger charge is 2.27. The Kier molecular flexibility index (Phi) is 4.12. The third-order valence-corrected chi connectivity index (χ3v) is 6.72. The van der Waals surface area contributed by atoms with Crippen molar-refractivity contribution < 1.29 is 8.42 Å². The van der Waals surface area contributed by atoms with Gasteiger partial charge in [-0.05, 0) is 30.0 Å². The molecule has 0 spiro atoms. The fraction of sp³-hybridized carbons (Fsp3) is 0.333. The van der Waals surface area contributed by atoms with Gasteiger partial charge in [-0.25, -0.2) is 8.42 Å². The molecule has 0 aliphatic carbocycles. The molecule has 1 aliphatic rings. The highest BCUT2D eigenvalue weighted by molar-refractivity contribution is 7.89. The number of aryl methyl sites for hydroxylation is 1. The standard InChI is InChI=1S/C15H18N2O2S2/c16-9-14-8-15(11-20-14)21(18,19)17-7-3-6-12-4-1-2-5-13(12)10-17/h1-2,4-5,8,11H,3,6-7,9-10,16H2. The average Bonchev–Trinajstić information content (AvgIpc) is 2.87. The Bertz CT molecular complexity index is 738. The van der Waals surface area contributed by atoms with Gasteiger partial charge in [-0.15, -0.1) is 11.3 Å². The maximum absolute atomic E-state index is 12.8. The monoisotopic (exact) mass is 322 g/mol. The molecule has 21 heavy (non-hydrogen) atoms. The molecule has 0 saturated carbocycles. The Morgan fingerprint density at radius 1 is 1.24 bits per heavy atom. The van der Waals surface area contributed by atoms with Crippen LogP contribution in [0.1, 0.15) is 22.4 Å². The number of hydrogen-bond acceptors (Lipinski definition) is 4. The van der Waals surface area contributed by atoms with Crippen LogP contribution in [0.2, 0.25) is 0 Å². The first-order valence-corrected chi connectivity index (χ1v) is 9.27. The van der Waals surface area contributed by atoms with Gasteiger partial charge in [-0.3, -0.25) is 0 Å². The number of fused-ring (bicyclic) bond motifs is 1. The van der Waals surface area contributed by atoms with E-state index in [-0.39, 0.29) is 0 Å². The molecule has 2 N–H and O–H groups in total. The molecular formula is C15H18N2O2S2. The fourth-order valence-corrected chi connectivity index (χ4v) is 5.23. The smallest absolute Gasteiger partial charge is 0.244 e. The van der Waals surface area contributed by atoms with Crippen molar-refractivity contribution in [3.8, 4) is 0 Å². The SMILES string of the molecule is NCc1cc(S(=O)(=O)N2CCCc3ccccc3C2)cs1. The summed E-state index contributed by atoms with van der Waals surface area (Å²) in [4.78, 5) is 1.26. The summed E-state index contributed by atoms with van der Waals surface area (Å²) in [7, 11) is -3.43. The number of hydrogen-bond donors (Lipinski definition) is 1. The zero-order chi connectivity index (χ0) is 14.9. The second kappa shape index (κ2) is 5.88. The van der Waals surface area contributed by atoms with Crippen molar-refractivity contribution in [2.45, 2.75) is 30.8 Å². The number of nitrogens with two attached hydrogens (primary N) is 1. The topological polar surface area (TPSA) is 63.4 Å². The van der Waals surface area contributed by atoms with E-state index in [1.807, 2.05) is 18.2 Å². The quantitative estimate of drug-likeness (QED) is 0.943. The van der Waals surface area contributed by atoms with Crippen LogP contribution in [0, 0.1) is 0 Å². The van der Waals surface area contributed by atoms with Gasteiger partial charge in [0.05, 0.1) is 4.90 Å². The van der Waals surface area contributed by atoms with E-state index in [1.54, 1.807) is 15.8 Å². The van der Waals surface area contributed by atoms with E-state index < -0.39 is 10.0 Å². The minimum absolute atomic E-state index is 0.368. The maximum Gasteiger partial charge on any atom is 0.244 e. The minimum atomic E-state index is -3.43. The van der Waals surface area contributed by atoms with Crippen molar-refractivity contribution in [1.82, 2.24) is 4.31 Å². The Hall–Kier alpha value is -1.21. The first-order chi connectivity index (χ1) is 10.1. The average molecular weight is 322 g/mol. The summed E-state index contributed by atoms with van der Waals surface area (Å²) < 4.78 is 27.1. The van der Waals surface area contributed by atoms with E-state index in [9.17, 15) is 8.42 Å². The molecule has 2 aromatic rings. The van der Waals surface area contributed by atoms with E-state index in [4.69, 9.17) is 5.73 Å². The lowest BCUT2D eigenvalue weighted by molar-refractivity contribution is 0.410. The predicted molar refractivity (Wildman–Crippen MR) is 84.6 cm³/mol. The first-order valence-electron chi connectivity index (χ1n) is 6.95. The largest absolute Gasteiger partial charge is 0.326 e. The molecule has 0 radical (unpaired) electrons. The molecule has 4 nitrogen and oxygen atoms in total. The second-order valence-corrected chi connectivity index (χ2v) is 8.10. The summed E-state index contributed by atoms with van der Waals surface area (Å²) >= 11 is 1.40. The van der Waals surface area contributed by atoms with Gasteiger partial charge in [-0.1, -0.05) is 24.3 Å². The van der Waals surface area contributed by atoms with E-state index >= 15 is 0 Å². The molecule has 1 aromatic heterocycles. The second-order valence-electron chi connectivity index (χ2n) is 5.16. The molecule has 112 valence electrons. The molecule has 0 amide bonds. The normalized spacial score (nSPS) is 16.4. The lowest BCUT2D eigenvalue weighted by atomic mass is 10.0. The summed E-state index contributed by atoms with van der Waals surface area (Å²) in [5, 5.41) is 1.69. The van der Waals surface area contributed by atoms with E-state index in [0.717, 1.165) is 23.3 Å². The van der Waals surface area contributed by atoms with Crippen LogP contribution >= 0.6 is 11.3 Å². The number of rotatable bonds is 3. The zero-order valence-electron chi connectivity index (χ0n) is 11.7. The number of thiophene rings is 1. The molecule has 1 aromatic carbocycles. The molecular weight excluding hydrogens is 304 g/mol. The van der Waals surface area contributed by atoms with E-state index in [1.165, 1.54) is 16.9 Å². The Labute approximate surface area is 129 Å². The third-order valence-electron chi connectivity index (χ3n) is 3.79. The third kappa shape index (κ3) is 2.89. The molecule has 6 heteroatoms. The molecule has 0 fully saturated rings. The number of benzene rings is 1. The van der Waals surface area contributed by atoms with E-state index in [2.05, 4.69) is 6.07 Å². The number of sulfonamides is 1. The van der Waals surface area contributed by atoms with Crippen LogP contribution in [0.15, 0.2) is 40.6 Å². The van der Waals surface area contributed by atoms with Crippen LogP contribution in [-0.4, -0.2) is 19.3 Å². The minimum Gasteiger partial charge on any atom is -0.326 e. The number of nitrogens with zero attached hydrogens (tertiary/aromatic N) is 1. The van der Waals surface area contributed by atoms with Crippen LogP contribution in [0.5, 0.6) is 0 Å². The summed E-state index contributed by atoms with van der Waals surface area (Å²) in [6, 6.07) is 9.77. The molecule has 0 unspecified atom stereocenters. The fourth-order valence-electron chi connectivity index (χ4n) is 2.63. The van der Waals surface area contributed by atoms with Crippen molar-refractivity contribution >= 4 is 21.4 Å². The molecule has 0 atom stereocenters. The van der Waals surface area contributed by atoms with Gasteiger partial charge in [0, 0.05) is 29.9 Å². The Balaban J connectivity index is 1.92. The van der Waals surface area contributed by atoms with Gasteiger partial charge in [0.2, 0.25) is 10.0 Å². The Morgan fingerprint density at radius 3 is 2.71 bits per heavy atom. The lowest BCUT2D eigenvalue weighted by Gasteiger charge is -2.19. The zero-order valence-corrected chi connectivity index (χ0v) is 13.3. The maximum atomic E-state index is 12.8. The van der Waals surface area contributed by atoms with Crippen LogP contribution in [-0.2, 0) is 29.5 Å². The van der Waals surface area contributed by atoms with Crippen molar-refractivity contribution in [3.63, 3.8) is 0 Å². The molecule has 0 bridgehead atoms.